The van der Waals surface area contributed by atoms with Crippen molar-refractivity contribution >= 4 is 5.97 Å². The largest absolute Gasteiger partial charge is 0.481 e. The summed E-state index contributed by atoms with van der Waals surface area (Å²) < 4.78 is 20.7. The molecule has 1 aromatic carbocycles. The third-order valence-corrected chi connectivity index (χ3v) is 3.88. The molecule has 1 N–H and O–H groups in total. The zero-order valence-electron chi connectivity index (χ0n) is 12.6. The monoisotopic (exact) mass is 319 g/mol. The molecule has 2 aromatic rings. The van der Waals surface area contributed by atoms with Gasteiger partial charge < -0.3 is 9.84 Å². The third-order valence-electron chi connectivity index (χ3n) is 3.88. The number of halogens is 1. The molecule has 1 aliphatic rings. The highest BCUT2D eigenvalue weighted by Crippen LogP contribution is 2.17. The number of aromatic nitrogens is 2. The average Bonchev–Trinajstić information content (AvgIpc) is 2.97. The van der Waals surface area contributed by atoms with Crippen molar-refractivity contribution in [1.82, 2.24) is 14.7 Å². The SMILES string of the molecule is O=C(O)C[C@@H]1COCCN1Cc1cnn(-c2ccccc2F)c1. The van der Waals surface area contributed by atoms with Gasteiger partial charge in [-0.05, 0) is 12.1 Å². The van der Waals surface area contributed by atoms with Crippen LogP contribution in [0.2, 0.25) is 0 Å². The zero-order chi connectivity index (χ0) is 16.2. The van der Waals surface area contributed by atoms with E-state index in [0.717, 1.165) is 5.56 Å². The summed E-state index contributed by atoms with van der Waals surface area (Å²) in [5.41, 5.74) is 1.30. The zero-order valence-corrected chi connectivity index (χ0v) is 12.6. The van der Waals surface area contributed by atoms with Crippen LogP contribution in [0.4, 0.5) is 4.39 Å². The molecule has 1 aromatic heterocycles. The number of aliphatic carboxylic acids is 1. The molecular weight excluding hydrogens is 301 g/mol. The molecule has 1 fully saturated rings. The Morgan fingerprint density at radius 3 is 3.04 bits per heavy atom. The van der Waals surface area contributed by atoms with Gasteiger partial charge in [0, 0.05) is 30.9 Å². The van der Waals surface area contributed by atoms with Crippen LogP contribution in [0.3, 0.4) is 0 Å². The van der Waals surface area contributed by atoms with Gasteiger partial charge in [-0.1, -0.05) is 12.1 Å². The van der Waals surface area contributed by atoms with Crippen LogP contribution < -0.4 is 0 Å². The molecule has 0 unspecified atom stereocenters. The van der Waals surface area contributed by atoms with Crippen molar-refractivity contribution in [2.75, 3.05) is 19.8 Å². The van der Waals surface area contributed by atoms with E-state index in [1.165, 1.54) is 10.7 Å². The molecule has 1 saturated heterocycles. The van der Waals surface area contributed by atoms with E-state index in [4.69, 9.17) is 9.84 Å². The number of benzene rings is 1. The van der Waals surface area contributed by atoms with Crippen molar-refractivity contribution in [3.8, 4) is 5.69 Å². The second-order valence-electron chi connectivity index (χ2n) is 5.54. The highest BCUT2D eigenvalue weighted by atomic mass is 19.1. The van der Waals surface area contributed by atoms with Crippen LogP contribution in [-0.4, -0.2) is 51.6 Å². The first-order chi connectivity index (χ1) is 11.1. The summed E-state index contributed by atoms with van der Waals surface area (Å²) in [6.45, 7) is 2.23. The third kappa shape index (κ3) is 3.75. The second kappa shape index (κ2) is 6.89. The number of hydrogen-bond donors (Lipinski definition) is 1. The molecule has 0 amide bonds. The van der Waals surface area contributed by atoms with Crippen LogP contribution in [0, 0.1) is 5.82 Å². The fraction of sp³-hybridized carbons (Fsp3) is 0.375. The van der Waals surface area contributed by atoms with E-state index < -0.39 is 5.97 Å². The normalized spacial score (nSPS) is 18.9. The fourth-order valence-electron chi connectivity index (χ4n) is 2.73. The Kier molecular flexibility index (Phi) is 4.68. The van der Waals surface area contributed by atoms with Gasteiger partial charge in [0.05, 0.1) is 25.8 Å². The average molecular weight is 319 g/mol. The Balaban J connectivity index is 1.73. The molecule has 2 heterocycles. The molecule has 0 spiro atoms. The Hall–Kier alpha value is -2.25. The molecule has 0 radical (unpaired) electrons. The number of nitrogens with zero attached hydrogens (tertiary/aromatic N) is 3. The number of hydrogen-bond acceptors (Lipinski definition) is 4. The lowest BCUT2D eigenvalue weighted by Gasteiger charge is -2.34. The molecule has 7 heteroatoms. The van der Waals surface area contributed by atoms with Crippen LogP contribution in [-0.2, 0) is 16.1 Å². The van der Waals surface area contributed by atoms with E-state index in [1.807, 2.05) is 0 Å². The molecule has 1 atom stereocenters. The van der Waals surface area contributed by atoms with Crippen molar-refractivity contribution in [2.24, 2.45) is 0 Å². The van der Waals surface area contributed by atoms with Gasteiger partial charge in [0.15, 0.2) is 0 Å². The predicted octanol–water partition coefficient (Wildman–Crippen LogP) is 1.69. The van der Waals surface area contributed by atoms with Crippen molar-refractivity contribution in [1.29, 1.82) is 0 Å². The lowest BCUT2D eigenvalue weighted by atomic mass is 10.1. The predicted molar refractivity (Wildman–Crippen MR) is 80.8 cm³/mol. The van der Waals surface area contributed by atoms with Crippen LogP contribution in [0.15, 0.2) is 36.7 Å². The fourth-order valence-corrected chi connectivity index (χ4v) is 2.73. The van der Waals surface area contributed by atoms with Gasteiger partial charge in [0.2, 0.25) is 0 Å². The summed E-state index contributed by atoms with van der Waals surface area (Å²) in [7, 11) is 0. The lowest BCUT2D eigenvalue weighted by Crippen LogP contribution is -2.45. The molecule has 1 aliphatic heterocycles. The van der Waals surface area contributed by atoms with Gasteiger partial charge in [-0.3, -0.25) is 9.69 Å². The number of rotatable bonds is 5. The van der Waals surface area contributed by atoms with Crippen molar-refractivity contribution in [3.05, 3.63) is 48.0 Å². The second-order valence-corrected chi connectivity index (χ2v) is 5.54. The maximum absolute atomic E-state index is 13.8. The molecule has 3 rings (SSSR count). The smallest absolute Gasteiger partial charge is 0.305 e. The highest BCUT2D eigenvalue weighted by molar-refractivity contribution is 5.67. The molecule has 23 heavy (non-hydrogen) atoms. The van der Waals surface area contributed by atoms with E-state index in [2.05, 4.69) is 10.00 Å². The van der Waals surface area contributed by atoms with Gasteiger partial charge in [-0.2, -0.15) is 5.10 Å². The summed E-state index contributed by atoms with van der Waals surface area (Å²) >= 11 is 0. The minimum Gasteiger partial charge on any atom is -0.481 e. The van der Waals surface area contributed by atoms with Crippen molar-refractivity contribution in [3.63, 3.8) is 0 Å². The summed E-state index contributed by atoms with van der Waals surface area (Å²) in [5, 5.41) is 13.2. The number of carboxylic acids is 1. The summed E-state index contributed by atoms with van der Waals surface area (Å²) in [5.74, 6) is -1.18. The Morgan fingerprint density at radius 1 is 1.43 bits per heavy atom. The first kappa shape index (κ1) is 15.6. The Bertz CT molecular complexity index is 689. The van der Waals surface area contributed by atoms with Crippen LogP contribution >= 0.6 is 0 Å². The van der Waals surface area contributed by atoms with Crippen molar-refractivity contribution in [2.45, 2.75) is 19.0 Å². The summed E-state index contributed by atoms with van der Waals surface area (Å²) in [6, 6.07) is 6.28. The van der Waals surface area contributed by atoms with E-state index in [9.17, 15) is 9.18 Å². The van der Waals surface area contributed by atoms with E-state index in [0.29, 0.717) is 32.0 Å². The first-order valence-electron chi connectivity index (χ1n) is 7.45. The number of para-hydroxylation sites is 1. The molecule has 0 bridgehead atoms. The Morgan fingerprint density at radius 2 is 2.26 bits per heavy atom. The molecular formula is C16H18FN3O3. The van der Waals surface area contributed by atoms with Crippen LogP contribution in [0.1, 0.15) is 12.0 Å². The number of carboxylic acid groups (broad SMARTS) is 1. The van der Waals surface area contributed by atoms with E-state index in [1.54, 1.807) is 30.6 Å². The van der Waals surface area contributed by atoms with Crippen LogP contribution in [0.25, 0.3) is 5.69 Å². The quantitative estimate of drug-likeness (QED) is 0.908. The minimum atomic E-state index is -0.840. The molecule has 0 saturated carbocycles. The maximum atomic E-state index is 13.8. The van der Waals surface area contributed by atoms with E-state index in [-0.39, 0.29) is 18.3 Å². The lowest BCUT2D eigenvalue weighted by molar-refractivity contribution is -0.140. The standard InChI is InChI=1S/C16H18FN3O3/c17-14-3-1-2-4-15(14)20-10-12(8-18-20)9-19-5-6-23-11-13(19)7-16(21)22/h1-4,8,10,13H,5-7,9,11H2,(H,21,22)/t13-/m1/s1. The van der Waals surface area contributed by atoms with Gasteiger partial charge in [0.1, 0.15) is 11.5 Å². The number of ether oxygens (including phenoxy) is 1. The molecule has 0 aliphatic carbocycles. The van der Waals surface area contributed by atoms with Gasteiger partial charge in [-0.25, -0.2) is 9.07 Å². The topological polar surface area (TPSA) is 67.6 Å². The Labute approximate surface area is 133 Å². The molecule has 6 nitrogen and oxygen atoms in total. The highest BCUT2D eigenvalue weighted by Gasteiger charge is 2.25. The molecule has 122 valence electrons. The summed E-state index contributed by atoms with van der Waals surface area (Å²) in [6.07, 6.45) is 3.49. The number of carbonyl (C=O) groups is 1. The van der Waals surface area contributed by atoms with Crippen LogP contribution in [0.5, 0.6) is 0 Å². The minimum absolute atomic E-state index is 0.0431. The van der Waals surface area contributed by atoms with Gasteiger partial charge in [-0.15, -0.1) is 0 Å². The maximum Gasteiger partial charge on any atom is 0.305 e. The number of morpholine rings is 1. The van der Waals surface area contributed by atoms with E-state index >= 15 is 0 Å². The first-order valence-corrected chi connectivity index (χ1v) is 7.45. The summed E-state index contributed by atoms with van der Waals surface area (Å²) in [4.78, 5) is 13.0. The van der Waals surface area contributed by atoms with Gasteiger partial charge in [0.25, 0.3) is 0 Å². The van der Waals surface area contributed by atoms with Crippen molar-refractivity contribution < 1.29 is 19.0 Å². The van der Waals surface area contributed by atoms with Gasteiger partial charge >= 0.3 is 5.97 Å².